The molecule has 0 fully saturated rings. The molecule has 0 heterocycles. The number of allylic oxidation sites excluding steroid dienone is 1. The van der Waals surface area contributed by atoms with E-state index in [1.807, 2.05) is 64.7 Å². The van der Waals surface area contributed by atoms with E-state index in [9.17, 15) is 9.90 Å². The first kappa shape index (κ1) is 18.0. The summed E-state index contributed by atoms with van der Waals surface area (Å²) in [6, 6.07) is 0.375. The number of nitrogens with zero attached hydrogens (tertiary/aromatic N) is 1. The number of aliphatic hydroxyl groups is 1. The van der Waals surface area contributed by atoms with Gasteiger partial charge in [0.15, 0.2) is 0 Å². The highest BCUT2D eigenvalue weighted by Gasteiger charge is 2.33. The van der Waals surface area contributed by atoms with E-state index in [0.717, 1.165) is 24.8 Å². The Kier molecular flexibility index (Phi) is 6.21. The van der Waals surface area contributed by atoms with Crippen LogP contribution in [0.2, 0.25) is 0 Å². The smallest absolute Gasteiger partial charge is 0.253 e. The molecular weight excluding hydrogens is 262 g/mol. The van der Waals surface area contributed by atoms with Gasteiger partial charge in [0, 0.05) is 23.6 Å². The number of hydrogen-bond acceptors (Lipinski definition) is 2. The molecule has 0 saturated heterocycles. The highest BCUT2D eigenvalue weighted by atomic mass is 16.3. The lowest BCUT2D eigenvalue weighted by molar-refractivity contribution is -0.130. The first-order chi connectivity index (χ1) is 9.76. The van der Waals surface area contributed by atoms with Crippen LogP contribution in [-0.2, 0) is 4.79 Å². The number of rotatable bonds is 6. The summed E-state index contributed by atoms with van der Waals surface area (Å²) >= 11 is 0. The second-order valence-electron chi connectivity index (χ2n) is 6.57. The van der Waals surface area contributed by atoms with Crippen LogP contribution in [0.5, 0.6) is 0 Å². The molecule has 1 amide bonds. The lowest BCUT2D eigenvalue weighted by atomic mass is 9.78. The molecule has 0 bridgehead atoms. The van der Waals surface area contributed by atoms with Gasteiger partial charge in [0.05, 0.1) is 5.60 Å². The Hall–Kier alpha value is -1.09. The molecule has 120 valence electrons. The Balaban J connectivity index is 2.85. The third-order valence-electron chi connectivity index (χ3n) is 4.61. The van der Waals surface area contributed by atoms with E-state index in [0.29, 0.717) is 0 Å². The van der Waals surface area contributed by atoms with Crippen molar-refractivity contribution in [2.45, 2.75) is 78.5 Å². The Bertz CT molecular complexity index is 409. The van der Waals surface area contributed by atoms with Crippen molar-refractivity contribution in [1.29, 1.82) is 0 Å². The third-order valence-corrected chi connectivity index (χ3v) is 4.61. The van der Waals surface area contributed by atoms with Crippen molar-refractivity contribution in [2.75, 3.05) is 0 Å². The molecular formula is C18H31NO2. The van der Waals surface area contributed by atoms with Crippen molar-refractivity contribution in [3.05, 3.63) is 23.8 Å². The van der Waals surface area contributed by atoms with Crippen LogP contribution in [0, 0.1) is 5.92 Å². The number of amides is 1. The molecule has 0 radical (unpaired) electrons. The lowest BCUT2D eigenvalue weighted by Crippen LogP contribution is -2.43. The van der Waals surface area contributed by atoms with Crippen LogP contribution >= 0.6 is 0 Å². The van der Waals surface area contributed by atoms with Crippen LogP contribution in [-0.4, -0.2) is 33.6 Å². The molecule has 21 heavy (non-hydrogen) atoms. The van der Waals surface area contributed by atoms with E-state index in [-0.39, 0.29) is 23.9 Å². The predicted octanol–water partition coefficient (Wildman–Crippen LogP) is 3.69. The molecule has 1 atom stereocenters. The SMILES string of the molecule is CCC(O)(CC)C1C=CC(C(=O)N(C(C)C)C(C)C)=CC1. The van der Waals surface area contributed by atoms with Gasteiger partial charge in [-0.3, -0.25) is 4.79 Å². The van der Waals surface area contributed by atoms with Crippen molar-refractivity contribution < 1.29 is 9.90 Å². The first-order valence-corrected chi connectivity index (χ1v) is 8.20. The normalized spacial score (nSPS) is 19.1. The standard InChI is InChI=1S/C18H31NO2/c1-7-18(21,8-2)16-11-9-15(10-12-16)17(20)19(13(3)4)14(5)6/h9-11,13-14,16,21H,7-8,12H2,1-6H3. The Labute approximate surface area is 129 Å². The molecule has 0 spiro atoms. The maximum atomic E-state index is 12.6. The van der Waals surface area contributed by atoms with Crippen LogP contribution in [0.4, 0.5) is 0 Å². The first-order valence-electron chi connectivity index (χ1n) is 8.20. The second-order valence-corrected chi connectivity index (χ2v) is 6.57. The van der Waals surface area contributed by atoms with Crippen LogP contribution in [0.25, 0.3) is 0 Å². The minimum Gasteiger partial charge on any atom is -0.389 e. The third kappa shape index (κ3) is 3.97. The van der Waals surface area contributed by atoms with Crippen molar-refractivity contribution in [2.24, 2.45) is 5.92 Å². The minimum absolute atomic E-state index is 0.0891. The van der Waals surface area contributed by atoms with Gasteiger partial charge in [-0.15, -0.1) is 0 Å². The molecule has 0 aromatic heterocycles. The lowest BCUT2D eigenvalue weighted by Gasteiger charge is -2.35. The summed E-state index contributed by atoms with van der Waals surface area (Å²) < 4.78 is 0. The highest BCUT2D eigenvalue weighted by Crippen LogP contribution is 2.32. The summed E-state index contributed by atoms with van der Waals surface area (Å²) in [6.45, 7) is 12.2. The average molecular weight is 293 g/mol. The van der Waals surface area contributed by atoms with Crippen molar-refractivity contribution in [3.8, 4) is 0 Å². The molecule has 0 aromatic carbocycles. The minimum atomic E-state index is -0.655. The quantitative estimate of drug-likeness (QED) is 0.811. The number of carbonyl (C=O) groups excluding carboxylic acids is 1. The van der Waals surface area contributed by atoms with Crippen molar-refractivity contribution in [1.82, 2.24) is 4.90 Å². The molecule has 3 heteroatoms. The van der Waals surface area contributed by atoms with Gasteiger partial charge in [-0.1, -0.05) is 32.1 Å². The highest BCUT2D eigenvalue weighted by molar-refractivity contribution is 5.96. The van der Waals surface area contributed by atoms with Gasteiger partial charge in [0.2, 0.25) is 0 Å². The van der Waals surface area contributed by atoms with E-state index in [4.69, 9.17) is 0 Å². The fraction of sp³-hybridized carbons (Fsp3) is 0.722. The van der Waals surface area contributed by atoms with Gasteiger partial charge in [0.1, 0.15) is 0 Å². The zero-order chi connectivity index (χ0) is 16.2. The van der Waals surface area contributed by atoms with Crippen LogP contribution in [0.1, 0.15) is 60.8 Å². The largest absolute Gasteiger partial charge is 0.389 e. The molecule has 0 saturated carbocycles. The zero-order valence-electron chi connectivity index (χ0n) is 14.4. The molecule has 1 aliphatic rings. The summed E-state index contributed by atoms with van der Waals surface area (Å²) in [5.74, 6) is 0.196. The monoisotopic (exact) mass is 293 g/mol. The Morgan fingerprint density at radius 3 is 2.14 bits per heavy atom. The number of hydrogen-bond donors (Lipinski definition) is 1. The second kappa shape index (κ2) is 7.26. The molecule has 1 aliphatic carbocycles. The van der Waals surface area contributed by atoms with Gasteiger partial charge in [0.25, 0.3) is 5.91 Å². The van der Waals surface area contributed by atoms with E-state index < -0.39 is 5.60 Å². The fourth-order valence-electron chi connectivity index (χ4n) is 3.17. The van der Waals surface area contributed by atoms with Gasteiger partial charge >= 0.3 is 0 Å². The van der Waals surface area contributed by atoms with Crippen LogP contribution in [0.3, 0.4) is 0 Å². The summed E-state index contributed by atoms with van der Waals surface area (Å²) in [4.78, 5) is 14.5. The van der Waals surface area contributed by atoms with E-state index in [2.05, 4.69) is 0 Å². The molecule has 3 nitrogen and oxygen atoms in total. The van der Waals surface area contributed by atoms with Crippen LogP contribution in [0.15, 0.2) is 23.8 Å². The maximum absolute atomic E-state index is 12.6. The Morgan fingerprint density at radius 2 is 1.81 bits per heavy atom. The summed E-state index contributed by atoms with van der Waals surface area (Å²) in [6.07, 6.45) is 8.10. The van der Waals surface area contributed by atoms with Crippen molar-refractivity contribution >= 4 is 5.91 Å². The molecule has 1 unspecified atom stereocenters. The van der Waals surface area contributed by atoms with Gasteiger partial charge in [-0.25, -0.2) is 0 Å². The number of carbonyl (C=O) groups is 1. The average Bonchev–Trinajstić information content (AvgIpc) is 2.45. The summed E-state index contributed by atoms with van der Waals surface area (Å²) in [7, 11) is 0. The summed E-state index contributed by atoms with van der Waals surface area (Å²) in [5, 5.41) is 10.6. The fourth-order valence-corrected chi connectivity index (χ4v) is 3.17. The van der Waals surface area contributed by atoms with Gasteiger partial charge in [-0.2, -0.15) is 0 Å². The summed E-state index contributed by atoms with van der Waals surface area (Å²) in [5.41, 5.74) is 0.0976. The topological polar surface area (TPSA) is 40.5 Å². The van der Waals surface area contributed by atoms with Gasteiger partial charge in [-0.05, 0) is 47.0 Å². The molecule has 1 rings (SSSR count). The van der Waals surface area contributed by atoms with E-state index in [1.165, 1.54) is 0 Å². The van der Waals surface area contributed by atoms with Gasteiger partial charge < -0.3 is 10.0 Å². The zero-order valence-corrected chi connectivity index (χ0v) is 14.4. The van der Waals surface area contributed by atoms with Crippen molar-refractivity contribution in [3.63, 3.8) is 0 Å². The van der Waals surface area contributed by atoms with E-state index in [1.54, 1.807) is 0 Å². The molecule has 0 aromatic rings. The predicted molar refractivity (Wildman–Crippen MR) is 88.0 cm³/mol. The van der Waals surface area contributed by atoms with E-state index >= 15 is 0 Å². The molecule has 1 N–H and O–H groups in total. The molecule has 0 aliphatic heterocycles. The Morgan fingerprint density at radius 1 is 1.29 bits per heavy atom. The maximum Gasteiger partial charge on any atom is 0.253 e. The van der Waals surface area contributed by atoms with Crippen LogP contribution < -0.4 is 0 Å².